The number of carbonyl (C=O) groups excluding carboxylic acids is 1. The van der Waals surface area contributed by atoms with Crippen LogP contribution in [0.2, 0.25) is 0 Å². The molecular weight excluding hydrogens is 328 g/mol. The number of ether oxygens (including phenoxy) is 1. The van der Waals surface area contributed by atoms with E-state index in [4.69, 9.17) is 4.74 Å². The molecule has 0 atom stereocenters. The Labute approximate surface area is 141 Å². The summed E-state index contributed by atoms with van der Waals surface area (Å²) >= 11 is 0. The third kappa shape index (κ3) is 4.81. The van der Waals surface area contributed by atoms with Crippen LogP contribution in [0.4, 0.5) is 5.69 Å². The average molecular weight is 348 g/mol. The Morgan fingerprint density at radius 1 is 1.04 bits per heavy atom. The Kier molecular flexibility index (Phi) is 5.94. The van der Waals surface area contributed by atoms with Crippen LogP contribution >= 0.6 is 0 Å². The maximum atomic E-state index is 12.1. The first-order chi connectivity index (χ1) is 11.4. The molecule has 2 rings (SSSR count). The van der Waals surface area contributed by atoms with Crippen LogP contribution in [0.3, 0.4) is 0 Å². The third-order valence-corrected chi connectivity index (χ3v) is 4.86. The highest BCUT2D eigenvalue weighted by molar-refractivity contribution is 7.89. The molecule has 0 radical (unpaired) electrons. The second-order valence-corrected chi connectivity index (χ2v) is 6.87. The number of rotatable bonds is 7. The first-order valence-electron chi connectivity index (χ1n) is 7.47. The molecule has 2 N–H and O–H groups in total. The normalized spacial score (nSPS) is 11.1. The second kappa shape index (κ2) is 7.94. The van der Waals surface area contributed by atoms with Crippen molar-refractivity contribution in [3.05, 3.63) is 54.1 Å². The molecule has 0 saturated carbocycles. The first kappa shape index (κ1) is 18.0. The zero-order valence-electron chi connectivity index (χ0n) is 13.6. The smallest absolute Gasteiger partial charge is 0.241 e. The van der Waals surface area contributed by atoms with E-state index in [0.717, 1.165) is 12.0 Å². The number of aryl methyl sites for hydroxylation is 1. The molecule has 0 aliphatic rings. The van der Waals surface area contributed by atoms with Gasteiger partial charge in [-0.25, -0.2) is 13.1 Å². The van der Waals surface area contributed by atoms with Crippen LogP contribution < -0.4 is 14.8 Å². The number of methoxy groups -OCH3 is 1. The van der Waals surface area contributed by atoms with Gasteiger partial charge < -0.3 is 10.1 Å². The minimum Gasteiger partial charge on any atom is -0.497 e. The van der Waals surface area contributed by atoms with Crippen molar-refractivity contribution in [3.8, 4) is 5.75 Å². The largest absolute Gasteiger partial charge is 0.497 e. The van der Waals surface area contributed by atoms with E-state index in [0.29, 0.717) is 11.4 Å². The van der Waals surface area contributed by atoms with Crippen LogP contribution in [0.5, 0.6) is 5.75 Å². The van der Waals surface area contributed by atoms with Gasteiger partial charge in [0, 0.05) is 5.69 Å². The van der Waals surface area contributed by atoms with E-state index in [2.05, 4.69) is 10.0 Å². The minimum absolute atomic E-state index is 0.0726. The molecular formula is C17H20N2O4S. The third-order valence-electron chi connectivity index (χ3n) is 3.44. The van der Waals surface area contributed by atoms with Gasteiger partial charge in [0.15, 0.2) is 0 Å². The summed E-state index contributed by atoms with van der Waals surface area (Å²) in [4.78, 5) is 12.0. The van der Waals surface area contributed by atoms with Gasteiger partial charge >= 0.3 is 0 Å². The van der Waals surface area contributed by atoms with E-state index < -0.39 is 15.9 Å². The summed E-state index contributed by atoms with van der Waals surface area (Å²) in [6, 6.07) is 13.3. The Bertz CT molecular complexity index is 784. The van der Waals surface area contributed by atoms with E-state index in [1.54, 1.807) is 24.3 Å². The van der Waals surface area contributed by atoms with E-state index in [1.165, 1.54) is 19.2 Å². The van der Waals surface area contributed by atoms with E-state index >= 15 is 0 Å². The first-order valence-corrected chi connectivity index (χ1v) is 8.95. The van der Waals surface area contributed by atoms with Crippen LogP contribution in [0.25, 0.3) is 0 Å². The number of benzene rings is 2. The van der Waals surface area contributed by atoms with Gasteiger partial charge in [-0.15, -0.1) is 0 Å². The molecule has 0 aromatic heterocycles. The number of nitrogens with one attached hydrogen (secondary N) is 2. The number of amides is 1. The van der Waals surface area contributed by atoms with Crippen molar-refractivity contribution < 1.29 is 17.9 Å². The van der Waals surface area contributed by atoms with Crippen LogP contribution in [0.1, 0.15) is 12.5 Å². The predicted molar refractivity (Wildman–Crippen MR) is 92.6 cm³/mol. The molecule has 0 unspecified atom stereocenters. The van der Waals surface area contributed by atoms with Crippen LogP contribution in [0, 0.1) is 0 Å². The molecule has 0 aliphatic carbocycles. The molecule has 0 bridgehead atoms. The number of carbonyl (C=O) groups is 1. The molecule has 2 aromatic rings. The van der Waals surface area contributed by atoms with Gasteiger partial charge in [0.2, 0.25) is 15.9 Å². The van der Waals surface area contributed by atoms with Crippen molar-refractivity contribution in [2.45, 2.75) is 18.2 Å². The summed E-state index contributed by atoms with van der Waals surface area (Å²) in [6.45, 7) is 1.70. The van der Waals surface area contributed by atoms with Crippen LogP contribution in [-0.4, -0.2) is 28.0 Å². The van der Waals surface area contributed by atoms with Crippen molar-refractivity contribution in [2.24, 2.45) is 0 Å². The quantitative estimate of drug-likeness (QED) is 0.803. The van der Waals surface area contributed by atoms with Gasteiger partial charge in [-0.1, -0.05) is 19.1 Å². The fourth-order valence-corrected chi connectivity index (χ4v) is 3.01. The highest BCUT2D eigenvalue weighted by Crippen LogP contribution is 2.15. The predicted octanol–water partition coefficient (Wildman–Crippen LogP) is 2.17. The van der Waals surface area contributed by atoms with Gasteiger partial charge in [0.1, 0.15) is 5.75 Å². The van der Waals surface area contributed by atoms with Gasteiger partial charge in [-0.3, -0.25) is 4.79 Å². The molecule has 2 aromatic carbocycles. The SMILES string of the molecule is CCc1ccc(NC(=O)CNS(=O)(=O)c2ccc(OC)cc2)cc1. The molecule has 0 saturated heterocycles. The van der Waals surface area contributed by atoms with E-state index in [1.807, 2.05) is 19.1 Å². The molecule has 0 fully saturated rings. The summed E-state index contributed by atoms with van der Waals surface area (Å²) in [5, 5.41) is 2.65. The topological polar surface area (TPSA) is 84.5 Å². The van der Waals surface area contributed by atoms with Crippen LogP contribution in [-0.2, 0) is 21.2 Å². The monoisotopic (exact) mass is 348 g/mol. The average Bonchev–Trinajstić information content (AvgIpc) is 2.61. The van der Waals surface area contributed by atoms with Gasteiger partial charge in [0.05, 0.1) is 18.6 Å². The maximum absolute atomic E-state index is 12.1. The summed E-state index contributed by atoms with van der Waals surface area (Å²) in [6.07, 6.45) is 0.913. The number of anilines is 1. The van der Waals surface area contributed by atoms with E-state index in [-0.39, 0.29) is 11.4 Å². The molecule has 1 amide bonds. The van der Waals surface area contributed by atoms with Crippen LogP contribution in [0.15, 0.2) is 53.4 Å². The Balaban J connectivity index is 1.93. The molecule has 128 valence electrons. The number of sulfonamides is 1. The molecule has 0 aliphatic heterocycles. The zero-order chi connectivity index (χ0) is 17.6. The summed E-state index contributed by atoms with van der Waals surface area (Å²) in [5.74, 6) is 0.124. The summed E-state index contributed by atoms with van der Waals surface area (Å²) in [5.41, 5.74) is 1.79. The molecule has 0 heterocycles. The summed E-state index contributed by atoms with van der Waals surface area (Å²) < 4.78 is 31.5. The zero-order valence-corrected chi connectivity index (χ0v) is 14.4. The lowest BCUT2D eigenvalue weighted by atomic mass is 10.1. The Hall–Kier alpha value is -2.38. The Morgan fingerprint density at radius 3 is 2.21 bits per heavy atom. The second-order valence-electron chi connectivity index (χ2n) is 5.10. The standard InChI is InChI=1S/C17H20N2O4S/c1-3-13-4-6-14(7-5-13)19-17(20)12-18-24(21,22)16-10-8-15(23-2)9-11-16/h4-11,18H,3,12H2,1-2H3,(H,19,20). The fourth-order valence-electron chi connectivity index (χ4n) is 2.03. The summed E-state index contributed by atoms with van der Waals surface area (Å²) in [7, 11) is -2.25. The fraction of sp³-hybridized carbons (Fsp3) is 0.235. The highest BCUT2D eigenvalue weighted by Gasteiger charge is 2.15. The lowest BCUT2D eigenvalue weighted by Crippen LogP contribution is -2.32. The lowest BCUT2D eigenvalue weighted by molar-refractivity contribution is -0.115. The maximum Gasteiger partial charge on any atom is 0.241 e. The Morgan fingerprint density at radius 2 is 1.67 bits per heavy atom. The van der Waals surface area contributed by atoms with E-state index in [9.17, 15) is 13.2 Å². The van der Waals surface area contributed by atoms with Crippen molar-refractivity contribution in [1.29, 1.82) is 0 Å². The van der Waals surface area contributed by atoms with Crippen molar-refractivity contribution in [2.75, 3.05) is 19.0 Å². The lowest BCUT2D eigenvalue weighted by Gasteiger charge is -2.09. The van der Waals surface area contributed by atoms with Crippen molar-refractivity contribution in [3.63, 3.8) is 0 Å². The number of hydrogen-bond donors (Lipinski definition) is 2. The molecule has 24 heavy (non-hydrogen) atoms. The highest BCUT2D eigenvalue weighted by atomic mass is 32.2. The van der Waals surface area contributed by atoms with Gasteiger partial charge in [-0.2, -0.15) is 0 Å². The minimum atomic E-state index is -3.75. The van der Waals surface area contributed by atoms with Gasteiger partial charge in [0.25, 0.3) is 0 Å². The molecule has 0 spiro atoms. The van der Waals surface area contributed by atoms with Gasteiger partial charge in [-0.05, 0) is 48.4 Å². The van der Waals surface area contributed by atoms with Crippen molar-refractivity contribution in [1.82, 2.24) is 4.72 Å². The molecule has 7 heteroatoms. The van der Waals surface area contributed by atoms with Crippen molar-refractivity contribution >= 4 is 21.6 Å². The molecule has 6 nitrogen and oxygen atoms in total. The number of hydrogen-bond acceptors (Lipinski definition) is 4.